The lowest BCUT2D eigenvalue weighted by atomic mass is 9.94. The highest BCUT2D eigenvalue weighted by atomic mass is 16.5. The second-order valence-electron chi connectivity index (χ2n) is 6.53. The average Bonchev–Trinajstić information content (AvgIpc) is 3.14. The van der Waals surface area contributed by atoms with E-state index in [0.29, 0.717) is 24.8 Å². The average molecular weight is 342 g/mol. The number of rotatable bonds is 6. The summed E-state index contributed by atoms with van der Waals surface area (Å²) in [6, 6.07) is 9.94. The van der Waals surface area contributed by atoms with Crippen LogP contribution in [0.25, 0.3) is 11.4 Å². The summed E-state index contributed by atoms with van der Waals surface area (Å²) in [7, 11) is 0. The van der Waals surface area contributed by atoms with Gasteiger partial charge in [-0.15, -0.1) is 0 Å². The molecule has 1 aliphatic rings. The highest BCUT2D eigenvalue weighted by Crippen LogP contribution is 2.24. The smallest absolute Gasteiger partial charge is 0.318 e. The molecule has 25 heavy (non-hydrogen) atoms. The van der Waals surface area contributed by atoms with Crippen molar-refractivity contribution in [2.45, 2.75) is 58.0 Å². The molecule has 1 aromatic carbocycles. The third-order valence-corrected chi connectivity index (χ3v) is 4.61. The molecule has 2 amide bonds. The zero-order chi connectivity index (χ0) is 17.5. The summed E-state index contributed by atoms with van der Waals surface area (Å²) in [6.07, 6.45) is 6.59. The molecule has 1 aromatic heterocycles. The Morgan fingerprint density at radius 1 is 1.24 bits per heavy atom. The first-order valence-corrected chi connectivity index (χ1v) is 9.20. The summed E-state index contributed by atoms with van der Waals surface area (Å²) in [5, 5.41) is 7.05. The van der Waals surface area contributed by atoms with Gasteiger partial charge in [0.25, 0.3) is 0 Å². The predicted octanol–water partition coefficient (Wildman–Crippen LogP) is 3.99. The minimum atomic E-state index is -0.0341. The molecule has 134 valence electrons. The van der Waals surface area contributed by atoms with Crippen LogP contribution in [0.1, 0.15) is 51.3 Å². The van der Waals surface area contributed by atoms with Gasteiger partial charge in [-0.1, -0.05) is 61.7 Å². The molecule has 0 aliphatic heterocycles. The molecule has 0 atom stereocenters. The topological polar surface area (TPSA) is 71.3 Å². The predicted molar refractivity (Wildman–Crippen MR) is 95.8 cm³/mol. The lowest BCUT2D eigenvalue weighted by Gasteiger charge is -2.33. The van der Waals surface area contributed by atoms with E-state index in [1.807, 2.05) is 35.2 Å². The number of aromatic nitrogens is 2. The van der Waals surface area contributed by atoms with E-state index < -0.39 is 0 Å². The van der Waals surface area contributed by atoms with Gasteiger partial charge in [-0.05, 0) is 19.3 Å². The van der Waals surface area contributed by atoms with Crippen molar-refractivity contribution in [3.63, 3.8) is 0 Å². The Hall–Kier alpha value is -2.37. The van der Waals surface area contributed by atoms with E-state index >= 15 is 0 Å². The molecule has 1 N–H and O–H groups in total. The van der Waals surface area contributed by atoms with Gasteiger partial charge >= 0.3 is 6.03 Å². The number of hydrogen-bond donors (Lipinski definition) is 1. The van der Waals surface area contributed by atoms with Crippen molar-refractivity contribution in [2.75, 3.05) is 6.54 Å². The molecule has 0 radical (unpaired) electrons. The van der Waals surface area contributed by atoms with Crippen LogP contribution in [0.4, 0.5) is 4.79 Å². The van der Waals surface area contributed by atoms with E-state index in [1.165, 1.54) is 19.3 Å². The second kappa shape index (κ2) is 8.65. The summed E-state index contributed by atoms with van der Waals surface area (Å²) < 4.78 is 5.41. The summed E-state index contributed by atoms with van der Waals surface area (Å²) in [5.74, 6) is 1.05. The minimum absolute atomic E-state index is 0.0341. The van der Waals surface area contributed by atoms with Crippen molar-refractivity contribution in [3.8, 4) is 11.4 Å². The SMILES string of the molecule is CCCNC(=O)N(Cc1nc(-c2ccccc2)no1)C1CCCCC1. The highest BCUT2D eigenvalue weighted by molar-refractivity contribution is 5.74. The maximum atomic E-state index is 12.6. The first-order chi connectivity index (χ1) is 12.3. The number of carbonyl (C=O) groups excluding carboxylic acids is 1. The van der Waals surface area contributed by atoms with Crippen LogP contribution in [0.2, 0.25) is 0 Å². The van der Waals surface area contributed by atoms with Gasteiger partial charge in [0.05, 0.1) is 0 Å². The molecule has 0 bridgehead atoms. The van der Waals surface area contributed by atoms with Gasteiger partial charge in [0.2, 0.25) is 11.7 Å². The van der Waals surface area contributed by atoms with E-state index in [-0.39, 0.29) is 12.1 Å². The molecule has 0 spiro atoms. The van der Waals surface area contributed by atoms with Crippen LogP contribution in [-0.4, -0.2) is 33.7 Å². The van der Waals surface area contributed by atoms with Gasteiger partial charge in [0.1, 0.15) is 6.54 Å². The van der Waals surface area contributed by atoms with Crippen molar-refractivity contribution in [2.24, 2.45) is 0 Å². The van der Waals surface area contributed by atoms with E-state index in [1.54, 1.807) is 0 Å². The molecule has 1 heterocycles. The van der Waals surface area contributed by atoms with E-state index in [0.717, 1.165) is 24.8 Å². The van der Waals surface area contributed by atoms with Crippen LogP contribution in [0.3, 0.4) is 0 Å². The monoisotopic (exact) mass is 342 g/mol. The molecule has 3 rings (SSSR count). The van der Waals surface area contributed by atoms with Gasteiger partial charge in [-0.25, -0.2) is 4.79 Å². The lowest BCUT2D eigenvalue weighted by Crippen LogP contribution is -2.46. The Balaban J connectivity index is 1.73. The molecular weight excluding hydrogens is 316 g/mol. The Bertz CT molecular complexity index is 665. The number of nitrogens with zero attached hydrogens (tertiary/aromatic N) is 3. The zero-order valence-corrected chi connectivity index (χ0v) is 14.8. The van der Waals surface area contributed by atoms with Gasteiger partial charge in [-0.3, -0.25) is 0 Å². The van der Waals surface area contributed by atoms with Crippen molar-refractivity contribution < 1.29 is 9.32 Å². The summed E-state index contributed by atoms with van der Waals surface area (Å²) in [6.45, 7) is 3.09. The van der Waals surface area contributed by atoms with Crippen molar-refractivity contribution in [1.29, 1.82) is 0 Å². The zero-order valence-electron chi connectivity index (χ0n) is 14.8. The highest BCUT2D eigenvalue weighted by Gasteiger charge is 2.27. The maximum absolute atomic E-state index is 12.6. The maximum Gasteiger partial charge on any atom is 0.318 e. The molecule has 6 nitrogen and oxygen atoms in total. The van der Waals surface area contributed by atoms with Crippen LogP contribution in [0.15, 0.2) is 34.9 Å². The number of benzene rings is 1. The second-order valence-corrected chi connectivity index (χ2v) is 6.53. The van der Waals surface area contributed by atoms with E-state index in [2.05, 4.69) is 22.4 Å². The number of hydrogen-bond acceptors (Lipinski definition) is 4. The van der Waals surface area contributed by atoms with Gasteiger partial charge in [-0.2, -0.15) is 4.98 Å². The quantitative estimate of drug-likeness (QED) is 0.861. The first-order valence-electron chi connectivity index (χ1n) is 9.20. The Morgan fingerprint density at radius 3 is 2.72 bits per heavy atom. The van der Waals surface area contributed by atoms with Crippen LogP contribution in [0.5, 0.6) is 0 Å². The Labute approximate surface area is 148 Å². The first kappa shape index (κ1) is 17.5. The van der Waals surface area contributed by atoms with Crippen LogP contribution in [0, 0.1) is 0 Å². The van der Waals surface area contributed by atoms with E-state index in [4.69, 9.17) is 4.52 Å². The molecule has 2 aromatic rings. The van der Waals surface area contributed by atoms with Gasteiger partial charge < -0.3 is 14.7 Å². The molecule has 1 fully saturated rings. The fraction of sp³-hybridized carbons (Fsp3) is 0.526. The fourth-order valence-corrected chi connectivity index (χ4v) is 3.26. The summed E-state index contributed by atoms with van der Waals surface area (Å²) >= 11 is 0. The number of carbonyl (C=O) groups is 1. The van der Waals surface area contributed by atoms with Crippen LogP contribution >= 0.6 is 0 Å². The lowest BCUT2D eigenvalue weighted by molar-refractivity contribution is 0.141. The molecule has 6 heteroatoms. The molecule has 1 aliphatic carbocycles. The normalized spacial score (nSPS) is 15.1. The van der Waals surface area contributed by atoms with Crippen molar-refractivity contribution in [3.05, 3.63) is 36.2 Å². The molecular formula is C19H26N4O2. The minimum Gasteiger partial charge on any atom is -0.338 e. The van der Waals surface area contributed by atoms with E-state index in [9.17, 15) is 4.79 Å². The van der Waals surface area contributed by atoms with Crippen LogP contribution in [-0.2, 0) is 6.54 Å². The Kier molecular flexibility index (Phi) is 6.04. The molecule has 1 saturated carbocycles. The van der Waals surface area contributed by atoms with Gasteiger partial charge in [0, 0.05) is 18.2 Å². The summed E-state index contributed by atoms with van der Waals surface area (Å²) in [4.78, 5) is 19.0. The standard InChI is InChI=1S/C19H26N4O2/c1-2-13-20-19(24)23(16-11-7-4-8-12-16)14-17-21-18(22-25-17)15-9-5-3-6-10-15/h3,5-6,9-10,16H,2,4,7-8,11-14H2,1H3,(H,20,24). The fourth-order valence-electron chi connectivity index (χ4n) is 3.26. The van der Waals surface area contributed by atoms with Gasteiger partial charge in [0.15, 0.2) is 0 Å². The largest absolute Gasteiger partial charge is 0.338 e. The third kappa shape index (κ3) is 4.59. The Morgan fingerprint density at radius 2 is 2.00 bits per heavy atom. The van der Waals surface area contributed by atoms with Crippen molar-refractivity contribution in [1.82, 2.24) is 20.4 Å². The number of urea groups is 1. The molecule has 0 unspecified atom stereocenters. The number of amides is 2. The molecule has 0 saturated heterocycles. The number of nitrogens with one attached hydrogen (secondary N) is 1. The van der Waals surface area contributed by atoms with Crippen molar-refractivity contribution >= 4 is 6.03 Å². The summed E-state index contributed by atoms with van der Waals surface area (Å²) in [5.41, 5.74) is 0.914. The van der Waals surface area contributed by atoms with Crippen LogP contribution < -0.4 is 5.32 Å². The third-order valence-electron chi connectivity index (χ3n) is 4.61.